The van der Waals surface area contributed by atoms with Crippen LogP contribution in [0.3, 0.4) is 0 Å². The van der Waals surface area contributed by atoms with Crippen LogP contribution in [-0.2, 0) is 4.74 Å². The van der Waals surface area contributed by atoms with E-state index < -0.39 is 6.09 Å². The van der Waals surface area contributed by atoms with Crippen LogP contribution in [0.4, 0.5) is 33.2 Å². The minimum Gasteiger partial charge on any atom is -0.453 e. The molecule has 0 aliphatic rings. The fourth-order valence-electron chi connectivity index (χ4n) is 2.34. The van der Waals surface area contributed by atoms with Gasteiger partial charge in [0.2, 0.25) is 0 Å². The summed E-state index contributed by atoms with van der Waals surface area (Å²) in [6, 6.07) is 25.4. The van der Waals surface area contributed by atoms with Crippen molar-refractivity contribution in [1.82, 2.24) is 0 Å². The standard InChI is InChI=1S/C20H19N3O2/c1-25-20(24)23-19-9-5-8-18(14-19)22-17-12-10-16(11-13-17)21-15-6-3-2-4-7-15/h2-14,21-22H,1H3,(H,23,24). The van der Waals surface area contributed by atoms with Gasteiger partial charge in [0.05, 0.1) is 7.11 Å². The number of rotatable bonds is 5. The van der Waals surface area contributed by atoms with Crippen molar-refractivity contribution < 1.29 is 9.53 Å². The molecule has 5 heteroatoms. The third kappa shape index (κ3) is 4.75. The summed E-state index contributed by atoms with van der Waals surface area (Å²) in [5, 5.41) is 9.29. The number of hydrogen-bond acceptors (Lipinski definition) is 4. The van der Waals surface area contributed by atoms with Crippen LogP contribution < -0.4 is 16.0 Å². The second-order valence-electron chi connectivity index (χ2n) is 5.39. The minimum absolute atomic E-state index is 0.492. The molecule has 25 heavy (non-hydrogen) atoms. The van der Waals surface area contributed by atoms with Crippen LogP contribution in [0.25, 0.3) is 0 Å². The maximum absolute atomic E-state index is 11.3. The number of nitrogens with one attached hydrogen (secondary N) is 3. The van der Waals surface area contributed by atoms with Crippen LogP contribution in [0.15, 0.2) is 78.9 Å². The molecule has 0 unspecified atom stereocenters. The maximum atomic E-state index is 11.3. The first-order valence-electron chi connectivity index (χ1n) is 7.87. The van der Waals surface area contributed by atoms with E-state index >= 15 is 0 Å². The Hall–Kier alpha value is -3.47. The zero-order chi connectivity index (χ0) is 17.5. The Kier molecular flexibility index (Phi) is 5.16. The number of para-hydroxylation sites is 1. The maximum Gasteiger partial charge on any atom is 0.411 e. The van der Waals surface area contributed by atoms with Gasteiger partial charge in [0.1, 0.15) is 0 Å². The van der Waals surface area contributed by atoms with E-state index in [9.17, 15) is 4.79 Å². The lowest BCUT2D eigenvalue weighted by atomic mass is 10.2. The van der Waals surface area contributed by atoms with Gasteiger partial charge < -0.3 is 15.4 Å². The topological polar surface area (TPSA) is 62.4 Å². The Labute approximate surface area is 146 Å². The quantitative estimate of drug-likeness (QED) is 0.589. The lowest BCUT2D eigenvalue weighted by Gasteiger charge is -2.11. The molecule has 3 N–H and O–H groups in total. The molecule has 3 aromatic carbocycles. The van der Waals surface area contributed by atoms with E-state index in [1.807, 2.05) is 72.8 Å². The predicted octanol–water partition coefficient (Wildman–Crippen LogP) is 5.35. The highest BCUT2D eigenvalue weighted by Gasteiger charge is 2.02. The summed E-state index contributed by atoms with van der Waals surface area (Å²) in [7, 11) is 1.34. The lowest BCUT2D eigenvalue weighted by Crippen LogP contribution is -2.10. The summed E-state index contributed by atoms with van der Waals surface area (Å²) in [5.74, 6) is 0. The second kappa shape index (κ2) is 7.88. The molecular formula is C20H19N3O2. The Morgan fingerprint density at radius 3 is 1.84 bits per heavy atom. The molecule has 0 spiro atoms. The highest BCUT2D eigenvalue weighted by atomic mass is 16.5. The SMILES string of the molecule is COC(=O)Nc1cccc(Nc2ccc(Nc3ccccc3)cc2)c1. The van der Waals surface area contributed by atoms with Crippen molar-refractivity contribution in [3.63, 3.8) is 0 Å². The van der Waals surface area contributed by atoms with Gasteiger partial charge in [0, 0.05) is 28.4 Å². The van der Waals surface area contributed by atoms with Gasteiger partial charge in [-0.25, -0.2) is 4.79 Å². The Bertz CT molecular complexity index is 833. The fourth-order valence-corrected chi connectivity index (χ4v) is 2.34. The third-order valence-electron chi connectivity index (χ3n) is 3.53. The number of benzene rings is 3. The highest BCUT2D eigenvalue weighted by molar-refractivity contribution is 5.85. The molecule has 0 atom stereocenters. The summed E-state index contributed by atoms with van der Waals surface area (Å²) in [5.41, 5.74) is 4.55. The van der Waals surface area contributed by atoms with E-state index in [2.05, 4.69) is 20.7 Å². The molecule has 5 nitrogen and oxygen atoms in total. The normalized spacial score (nSPS) is 9.96. The third-order valence-corrected chi connectivity index (χ3v) is 3.53. The highest BCUT2D eigenvalue weighted by Crippen LogP contribution is 2.23. The van der Waals surface area contributed by atoms with E-state index in [-0.39, 0.29) is 0 Å². The fraction of sp³-hybridized carbons (Fsp3) is 0.0500. The van der Waals surface area contributed by atoms with Crippen molar-refractivity contribution in [1.29, 1.82) is 0 Å². The van der Waals surface area contributed by atoms with Crippen molar-refractivity contribution in [2.45, 2.75) is 0 Å². The molecule has 0 saturated carbocycles. The van der Waals surface area contributed by atoms with Crippen molar-refractivity contribution in [3.05, 3.63) is 78.9 Å². The van der Waals surface area contributed by atoms with E-state index in [4.69, 9.17) is 0 Å². The molecule has 0 aliphatic carbocycles. The van der Waals surface area contributed by atoms with Gasteiger partial charge in [0.25, 0.3) is 0 Å². The van der Waals surface area contributed by atoms with Gasteiger partial charge in [0.15, 0.2) is 0 Å². The molecule has 126 valence electrons. The number of carbonyl (C=O) groups is 1. The second-order valence-corrected chi connectivity index (χ2v) is 5.39. The Morgan fingerprint density at radius 1 is 0.680 bits per heavy atom. The smallest absolute Gasteiger partial charge is 0.411 e. The average molecular weight is 333 g/mol. The number of amides is 1. The average Bonchev–Trinajstić information content (AvgIpc) is 2.64. The molecule has 0 heterocycles. The molecule has 3 rings (SSSR count). The largest absolute Gasteiger partial charge is 0.453 e. The van der Waals surface area contributed by atoms with Gasteiger partial charge >= 0.3 is 6.09 Å². The summed E-state index contributed by atoms with van der Waals surface area (Å²) >= 11 is 0. The van der Waals surface area contributed by atoms with Crippen LogP contribution in [0.2, 0.25) is 0 Å². The van der Waals surface area contributed by atoms with Crippen LogP contribution >= 0.6 is 0 Å². The zero-order valence-electron chi connectivity index (χ0n) is 13.8. The minimum atomic E-state index is -0.492. The van der Waals surface area contributed by atoms with Crippen LogP contribution in [0, 0.1) is 0 Å². The summed E-state index contributed by atoms with van der Waals surface area (Å²) in [4.78, 5) is 11.3. The Balaban J connectivity index is 1.65. The van der Waals surface area contributed by atoms with Crippen LogP contribution in [-0.4, -0.2) is 13.2 Å². The first kappa shape index (κ1) is 16.4. The van der Waals surface area contributed by atoms with Crippen molar-refractivity contribution in [2.75, 3.05) is 23.1 Å². The van der Waals surface area contributed by atoms with Crippen LogP contribution in [0.5, 0.6) is 0 Å². The molecule has 3 aromatic rings. The first-order chi connectivity index (χ1) is 12.2. The summed E-state index contributed by atoms with van der Waals surface area (Å²) in [6.07, 6.45) is -0.492. The predicted molar refractivity (Wildman–Crippen MR) is 102 cm³/mol. The van der Waals surface area contributed by atoms with E-state index in [1.165, 1.54) is 7.11 Å². The first-order valence-corrected chi connectivity index (χ1v) is 7.87. The summed E-state index contributed by atoms with van der Waals surface area (Å²) < 4.78 is 4.60. The lowest BCUT2D eigenvalue weighted by molar-refractivity contribution is 0.187. The molecule has 0 aromatic heterocycles. The van der Waals surface area contributed by atoms with Gasteiger partial charge in [-0.3, -0.25) is 5.32 Å². The van der Waals surface area contributed by atoms with E-state index in [0.29, 0.717) is 5.69 Å². The number of ether oxygens (including phenoxy) is 1. The number of carbonyl (C=O) groups excluding carboxylic acids is 1. The molecular weight excluding hydrogens is 314 g/mol. The molecule has 0 bridgehead atoms. The molecule has 0 saturated heterocycles. The van der Waals surface area contributed by atoms with Crippen molar-refractivity contribution in [2.24, 2.45) is 0 Å². The summed E-state index contributed by atoms with van der Waals surface area (Å²) in [6.45, 7) is 0. The molecule has 0 aliphatic heterocycles. The van der Waals surface area contributed by atoms with Crippen molar-refractivity contribution in [3.8, 4) is 0 Å². The number of anilines is 5. The number of methoxy groups -OCH3 is 1. The zero-order valence-corrected chi connectivity index (χ0v) is 13.8. The number of hydrogen-bond donors (Lipinski definition) is 3. The van der Waals surface area contributed by atoms with Crippen LogP contribution in [0.1, 0.15) is 0 Å². The molecule has 0 radical (unpaired) electrons. The van der Waals surface area contributed by atoms with Gasteiger partial charge in [-0.05, 0) is 54.6 Å². The molecule has 1 amide bonds. The van der Waals surface area contributed by atoms with Gasteiger partial charge in [-0.1, -0.05) is 24.3 Å². The van der Waals surface area contributed by atoms with Crippen molar-refractivity contribution >= 4 is 34.5 Å². The molecule has 0 fully saturated rings. The van der Waals surface area contributed by atoms with Gasteiger partial charge in [-0.2, -0.15) is 0 Å². The van der Waals surface area contributed by atoms with Gasteiger partial charge in [-0.15, -0.1) is 0 Å². The van der Waals surface area contributed by atoms with E-state index in [1.54, 1.807) is 6.07 Å². The Morgan fingerprint density at radius 2 is 1.20 bits per heavy atom. The monoisotopic (exact) mass is 333 g/mol. The van der Waals surface area contributed by atoms with E-state index in [0.717, 1.165) is 22.7 Å².